The second-order valence-electron chi connectivity index (χ2n) is 5.23. The molecular weight excluding hydrogens is 248 g/mol. The van der Waals surface area contributed by atoms with Crippen LogP contribution < -0.4 is 0 Å². The minimum absolute atomic E-state index is 0. The fraction of sp³-hybridized carbons (Fsp3) is 0.923. The summed E-state index contributed by atoms with van der Waals surface area (Å²) in [4.78, 5) is 15.9. The van der Waals surface area contributed by atoms with Gasteiger partial charge in [0.05, 0.1) is 6.61 Å². The van der Waals surface area contributed by atoms with Crippen molar-refractivity contribution in [1.82, 2.24) is 9.80 Å². The van der Waals surface area contributed by atoms with Crippen molar-refractivity contribution in [2.24, 2.45) is 0 Å². The maximum atomic E-state index is 11.3. The quantitative estimate of drug-likeness (QED) is 0.776. The number of likely N-dealkylation sites (tertiary alicyclic amines) is 2. The van der Waals surface area contributed by atoms with E-state index in [9.17, 15) is 4.79 Å². The van der Waals surface area contributed by atoms with E-state index < -0.39 is 0 Å². The van der Waals surface area contributed by atoms with Crippen LogP contribution in [0.2, 0.25) is 0 Å². The lowest BCUT2D eigenvalue weighted by Gasteiger charge is -2.39. The highest BCUT2D eigenvalue weighted by Gasteiger charge is 2.32. The Morgan fingerprint density at radius 2 is 1.89 bits per heavy atom. The summed E-state index contributed by atoms with van der Waals surface area (Å²) in [6.45, 7) is 5.59. The minimum atomic E-state index is 0. The summed E-state index contributed by atoms with van der Waals surface area (Å²) in [7, 11) is 1.79. The van der Waals surface area contributed by atoms with Crippen LogP contribution >= 0.6 is 13.5 Å². The van der Waals surface area contributed by atoms with Crippen molar-refractivity contribution in [3.63, 3.8) is 0 Å². The number of nitrogens with zero attached hydrogens (tertiary/aromatic N) is 2. The molecule has 106 valence electrons. The standard InChI is InChI=1S/C13H24N2O2.H2S/c1-11(16)14-8-5-12(6-9-14)15-7-3-4-13(15)10-17-2;/h12-13H,3-10H2,1-2H3;1H2. The predicted octanol–water partition coefficient (Wildman–Crippen LogP) is 1.22. The number of rotatable bonds is 3. The van der Waals surface area contributed by atoms with Gasteiger partial charge >= 0.3 is 0 Å². The number of amides is 1. The van der Waals surface area contributed by atoms with Gasteiger partial charge in [-0.1, -0.05) is 0 Å². The molecule has 0 aliphatic carbocycles. The summed E-state index contributed by atoms with van der Waals surface area (Å²) < 4.78 is 5.30. The SMILES string of the molecule is COCC1CCCN1C1CCN(C(C)=O)CC1.S. The number of piperidine rings is 1. The molecule has 0 aromatic rings. The van der Waals surface area contributed by atoms with Crippen molar-refractivity contribution in [1.29, 1.82) is 0 Å². The molecule has 0 aromatic heterocycles. The van der Waals surface area contributed by atoms with Crippen LogP contribution in [0.5, 0.6) is 0 Å². The molecule has 2 aliphatic heterocycles. The van der Waals surface area contributed by atoms with Gasteiger partial charge in [0.1, 0.15) is 0 Å². The topological polar surface area (TPSA) is 32.8 Å². The van der Waals surface area contributed by atoms with Gasteiger partial charge in [0.25, 0.3) is 0 Å². The molecule has 0 saturated carbocycles. The van der Waals surface area contributed by atoms with Crippen LogP contribution in [0.3, 0.4) is 0 Å². The lowest BCUT2D eigenvalue weighted by atomic mass is 10.0. The molecule has 4 nitrogen and oxygen atoms in total. The highest BCUT2D eigenvalue weighted by Crippen LogP contribution is 2.26. The van der Waals surface area contributed by atoms with Crippen LogP contribution in [0.25, 0.3) is 0 Å². The summed E-state index contributed by atoms with van der Waals surface area (Å²) in [5.41, 5.74) is 0. The number of ether oxygens (including phenoxy) is 1. The summed E-state index contributed by atoms with van der Waals surface area (Å²) >= 11 is 0. The molecule has 1 atom stereocenters. The van der Waals surface area contributed by atoms with E-state index in [2.05, 4.69) is 4.90 Å². The van der Waals surface area contributed by atoms with E-state index in [4.69, 9.17) is 4.74 Å². The fourth-order valence-electron chi connectivity index (χ4n) is 3.22. The minimum Gasteiger partial charge on any atom is -0.383 e. The van der Waals surface area contributed by atoms with E-state index in [0.717, 1.165) is 32.5 Å². The predicted molar refractivity (Wildman–Crippen MR) is 77.3 cm³/mol. The van der Waals surface area contributed by atoms with Crippen molar-refractivity contribution in [3.05, 3.63) is 0 Å². The molecule has 0 spiro atoms. The van der Waals surface area contributed by atoms with Gasteiger partial charge in [-0.3, -0.25) is 9.69 Å². The van der Waals surface area contributed by atoms with Gasteiger partial charge in [0.15, 0.2) is 0 Å². The largest absolute Gasteiger partial charge is 0.383 e. The zero-order valence-corrected chi connectivity index (χ0v) is 12.5. The molecule has 0 bridgehead atoms. The molecule has 18 heavy (non-hydrogen) atoms. The summed E-state index contributed by atoms with van der Waals surface area (Å²) in [6.07, 6.45) is 4.81. The molecule has 5 heteroatoms. The number of hydrogen-bond donors (Lipinski definition) is 0. The van der Waals surface area contributed by atoms with Gasteiger partial charge in [-0.2, -0.15) is 13.5 Å². The first-order valence-electron chi connectivity index (χ1n) is 6.72. The lowest BCUT2D eigenvalue weighted by molar-refractivity contribution is -0.130. The Morgan fingerprint density at radius 1 is 1.22 bits per heavy atom. The Hall–Kier alpha value is -0.260. The third-order valence-corrected chi connectivity index (χ3v) is 4.16. The Bertz CT molecular complexity index is 268. The van der Waals surface area contributed by atoms with Crippen molar-refractivity contribution in [3.8, 4) is 0 Å². The number of carbonyl (C=O) groups excluding carboxylic acids is 1. The molecule has 0 aromatic carbocycles. The third kappa shape index (κ3) is 3.62. The lowest BCUT2D eigenvalue weighted by Crippen LogP contribution is -2.48. The number of carbonyl (C=O) groups is 1. The molecule has 2 saturated heterocycles. The van der Waals surface area contributed by atoms with E-state index >= 15 is 0 Å². The Balaban J connectivity index is 0.00000162. The maximum absolute atomic E-state index is 11.3. The van der Waals surface area contributed by atoms with Crippen LogP contribution in [0, 0.1) is 0 Å². The van der Waals surface area contributed by atoms with Crippen LogP contribution in [0.1, 0.15) is 32.6 Å². The zero-order valence-electron chi connectivity index (χ0n) is 11.5. The van der Waals surface area contributed by atoms with Crippen molar-refractivity contribution in [2.45, 2.75) is 44.7 Å². The van der Waals surface area contributed by atoms with E-state index in [1.54, 1.807) is 14.0 Å². The van der Waals surface area contributed by atoms with E-state index in [1.807, 2.05) is 4.90 Å². The molecular formula is C13H26N2O2S. The van der Waals surface area contributed by atoms with Gasteiger partial charge in [-0.25, -0.2) is 0 Å². The first-order chi connectivity index (χ1) is 8.22. The fourth-order valence-corrected chi connectivity index (χ4v) is 3.22. The van der Waals surface area contributed by atoms with Crippen LogP contribution in [-0.4, -0.2) is 61.1 Å². The molecule has 0 N–H and O–H groups in total. The van der Waals surface area contributed by atoms with Crippen molar-refractivity contribution in [2.75, 3.05) is 33.4 Å². The molecule has 2 fully saturated rings. The van der Waals surface area contributed by atoms with Crippen molar-refractivity contribution >= 4 is 19.4 Å². The maximum Gasteiger partial charge on any atom is 0.219 e. The van der Waals surface area contributed by atoms with E-state index in [-0.39, 0.29) is 19.4 Å². The number of hydrogen-bond acceptors (Lipinski definition) is 3. The Labute approximate surface area is 117 Å². The second kappa shape index (κ2) is 7.36. The summed E-state index contributed by atoms with van der Waals surface area (Å²) in [6, 6.07) is 1.27. The molecule has 2 aliphatic rings. The van der Waals surface area contributed by atoms with Crippen molar-refractivity contribution < 1.29 is 9.53 Å². The van der Waals surface area contributed by atoms with Gasteiger partial charge < -0.3 is 9.64 Å². The smallest absolute Gasteiger partial charge is 0.219 e. The Morgan fingerprint density at radius 3 is 2.44 bits per heavy atom. The highest BCUT2D eigenvalue weighted by atomic mass is 32.1. The molecule has 1 unspecified atom stereocenters. The Kier molecular flexibility index (Phi) is 6.46. The van der Waals surface area contributed by atoms with Crippen LogP contribution in [0.15, 0.2) is 0 Å². The zero-order chi connectivity index (χ0) is 12.3. The first-order valence-corrected chi connectivity index (χ1v) is 6.72. The van der Waals surface area contributed by atoms with Gasteiger partial charge in [-0.05, 0) is 32.2 Å². The first kappa shape index (κ1) is 15.8. The molecule has 1 amide bonds. The van der Waals surface area contributed by atoms with Gasteiger partial charge in [0, 0.05) is 39.2 Å². The molecule has 2 rings (SSSR count). The monoisotopic (exact) mass is 274 g/mol. The second-order valence-corrected chi connectivity index (χ2v) is 5.23. The number of methoxy groups -OCH3 is 1. The average Bonchev–Trinajstić information content (AvgIpc) is 2.78. The normalized spacial score (nSPS) is 26.1. The average molecular weight is 274 g/mol. The third-order valence-electron chi connectivity index (χ3n) is 4.16. The van der Waals surface area contributed by atoms with E-state index in [1.165, 1.54) is 19.4 Å². The van der Waals surface area contributed by atoms with Gasteiger partial charge in [0.2, 0.25) is 5.91 Å². The van der Waals surface area contributed by atoms with E-state index in [0.29, 0.717) is 12.1 Å². The highest BCUT2D eigenvalue weighted by molar-refractivity contribution is 7.59. The summed E-state index contributed by atoms with van der Waals surface area (Å²) in [5.74, 6) is 0.221. The van der Waals surface area contributed by atoms with Crippen LogP contribution in [-0.2, 0) is 9.53 Å². The van der Waals surface area contributed by atoms with Crippen LogP contribution in [0.4, 0.5) is 0 Å². The van der Waals surface area contributed by atoms with Gasteiger partial charge in [-0.15, -0.1) is 0 Å². The molecule has 2 heterocycles. The molecule has 0 radical (unpaired) electrons. The summed E-state index contributed by atoms with van der Waals surface area (Å²) in [5, 5.41) is 0.